The smallest absolute Gasteiger partial charge is 0.258 e. The molecule has 0 bridgehead atoms. The molecule has 0 radical (unpaired) electrons. The Morgan fingerprint density at radius 1 is 1.60 bits per heavy atom. The molecule has 0 saturated heterocycles. The SMILES string of the molecule is C=CCNC(=O)COc1ccc(Br)cc1CC(N)CC. The minimum Gasteiger partial charge on any atom is -0.483 e. The van der Waals surface area contributed by atoms with E-state index in [9.17, 15) is 4.79 Å². The number of rotatable bonds is 8. The molecular formula is C15H21BrN2O2. The van der Waals surface area contributed by atoms with Crippen LogP contribution in [0.15, 0.2) is 35.3 Å². The molecule has 0 aliphatic heterocycles. The second-order valence-corrected chi connectivity index (χ2v) is 5.42. The van der Waals surface area contributed by atoms with Gasteiger partial charge < -0.3 is 15.8 Å². The lowest BCUT2D eigenvalue weighted by atomic mass is 10.0. The summed E-state index contributed by atoms with van der Waals surface area (Å²) in [6.45, 7) is 6.02. The molecule has 110 valence electrons. The van der Waals surface area contributed by atoms with Crippen LogP contribution in [0, 0.1) is 0 Å². The largest absolute Gasteiger partial charge is 0.483 e. The van der Waals surface area contributed by atoms with Gasteiger partial charge in [-0.1, -0.05) is 28.9 Å². The Bertz CT molecular complexity index is 463. The van der Waals surface area contributed by atoms with Crippen LogP contribution in [0.4, 0.5) is 0 Å². The summed E-state index contributed by atoms with van der Waals surface area (Å²) in [5.74, 6) is 0.532. The van der Waals surface area contributed by atoms with E-state index in [4.69, 9.17) is 10.5 Å². The molecule has 0 fully saturated rings. The maximum atomic E-state index is 11.5. The lowest BCUT2D eigenvalue weighted by molar-refractivity contribution is -0.122. The summed E-state index contributed by atoms with van der Waals surface area (Å²) in [4.78, 5) is 11.5. The number of carbonyl (C=O) groups is 1. The van der Waals surface area contributed by atoms with Crippen LogP contribution in [0.5, 0.6) is 5.75 Å². The van der Waals surface area contributed by atoms with Crippen molar-refractivity contribution in [2.24, 2.45) is 5.73 Å². The Morgan fingerprint density at radius 2 is 2.35 bits per heavy atom. The first-order valence-corrected chi connectivity index (χ1v) is 7.40. The molecular weight excluding hydrogens is 320 g/mol. The van der Waals surface area contributed by atoms with E-state index in [0.29, 0.717) is 12.3 Å². The van der Waals surface area contributed by atoms with Crippen molar-refractivity contribution in [2.45, 2.75) is 25.8 Å². The van der Waals surface area contributed by atoms with Crippen LogP contribution < -0.4 is 15.8 Å². The topological polar surface area (TPSA) is 64.3 Å². The van der Waals surface area contributed by atoms with Crippen LogP contribution in [0.1, 0.15) is 18.9 Å². The molecule has 0 aliphatic rings. The standard InChI is InChI=1S/C15H21BrN2O2/c1-3-7-18-15(19)10-20-14-6-5-12(16)8-11(14)9-13(17)4-2/h3,5-6,8,13H,1,4,7,9-10,17H2,2H3,(H,18,19). The van der Waals surface area contributed by atoms with Gasteiger partial charge in [0.2, 0.25) is 0 Å². The molecule has 1 atom stereocenters. The Hall–Kier alpha value is -1.33. The second-order valence-electron chi connectivity index (χ2n) is 4.51. The third-order valence-corrected chi connectivity index (χ3v) is 3.32. The van der Waals surface area contributed by atoms with E-state index in [0.717, 1.165) is 22.9 Å². The van der Waals surface area contributed by atoms with Crippen LogP contribution in [-0.2, 0) is 11.2 Å². The molecule has 1 amide bonds. The number of nitrogens with two attached hydrogens (primary N) is 1. The zero-order chi connectivity index (χ0) is 15.0. The fraction of sp³-hybridized carbons (Fsp3) is 0.400. The van der Waals surface area contributed by atoms with Gasteiger partial charge in [0.25, 0.3) is 5.91 Å². The van der Waals surface area contributed by atoms with Gasteiger partial charge in [-0.2, -0.15) is 0 Å². The van der Waals surface area contributed by atoms with Crippen molar-refractivity contribution >= 4 is 21.8 Å². The van der Waals surface area contributed by atoms with Gasteiger partial charge >= 0.3 is 0 Å². The number of benzene rings is 1. The summed E-state index contributed by atoms with van der Waals surface area (Å²) in [5.41, 5.74) is 6.99. The predicted molar refractivity (Wildman–Crippen MR) is 84.8 cm³/mol. The molecule has 3 N–H and O–H groups in total. The van der Waals surface area contributed by atoms with Crippen molar-refractivity contribution in [3.8, 4) is 5.75 Å². The average Bonchev–Trinajstić information content (AvgIpc) is 2.44. The number of halogens is 1. The van der Waals surface area contributed by atoms with Crippen LogP contribution in [0.3, 0.4) is 0 Å². The van der Waals surface area contributed by atoms with Crippen molar-refractivity contribution in [3.05, 3.63) is 40.9 Å². The first-order chi connectivity index (χ1) is 9.56. The fourth-order valence-electron chi connectivity index (χ4n) is 1.66. The van der Waals surface area contributed by atoms with Crippen molar-refractivity contribution in [2.75, 3.05) is 13.2 Å². The van der Waals surface area contributed by atoms with Gasteiger partial charge in [0.05, 0.1) is 0 Å². The molecule has 5 heteroatoms. The molecule has 1 rings (SSSR count). The van der Waals surface area contributed by atoms with Gasteiger partial charge in [-0.05, 0) is 36.6 Å². The Morgan fingerprint density at radius 3 is 3.00 bits per heavy atom. The molecule has 0 spiro atoms. The monoisotopic (exact) mass is 340 g/mol. The fourth-order valence-corrected chi connectivity index (χ4v) is 2.06. The minimum absolute atomic E-state index is 0.0101. The summed E-state index contributed by atoms with van der Waals surface area (Å²) in [5, 5.41) is 2.67. The third kappa shape index (κ3) is 5.75. The Labute approximate surface area is 128 Å². The predicted octanol–water partition coefficient (Wildman–Crippen LogP) is 2.41. The maximum absolute atomic E-state index is 11.5. The minimum atomic E-state index is -0.168. The first kappa shape index (κ1) is 16.7. The number of carbonyl (C=O) groups excluding carboxylic acids is 1. The third-order valence-electron chi connectivity index (χ3n) is 2.83. The van der Waals surface area contributed by atoms with Gasteiger partial charge in [0.15, 0.2) is 6.61 Å². The normalized spacial score (nSPS) is 11.8. The van der Waals surface area contributed by atoms with Crippen LogP contribution >= 0.6 is 15.9 Å². The lowest BCUT2D eigenvalue weighted by Gasteiger charge is -2.14. The van der Waals surface area contributed by atoms with Gasteiger partial charge in [-0.15, -0.1) is 6.58 Å². The van der Waals surface area contributed by atoms with E-state index in [1.165, 1.54) is 0 Å². The molecule has 0 aliphatic carbocycles. The number of amides is 1. The number of hydrogen-bond acceptors (Lipinski definition) is 3. The van der Waals surface area contributed by atoms with Crippen molar-refractivity contribution in [3.63, 3.8) is 0 Å². The van der Waals surface area contributed by atoms with Crippen LogP contribution in [-0.4, -0.2) is 25.1 Å². The molecule has 0 saturated carbocycles. The second kappa shape index (κ2) is 8.76. The van der Waals surface area contributed by atoms with Gasteiger partial charge in [0.1, 0.15) is 5.75 Å². The van der Waals surface area contributed by atoms with Gasteiger partial charge in [0, 0.05) is 17.1 Å². The van der Waals surface area contributed by atoms with Crippen molar-refractivity contribution in [1.29, 1.82) is 0 Å². The zero-order valence-corrected chi connectivity index (χ0v) is 13.3. The van der Waals surface area contributed by atoms with E-state index in [1.54, 1.807) is 6.08 Å². The summed E-state index contributed by atoms with van der Waals surface area (Å²) in [6.07, 6.45) is 3.24. The molecule has 0 aromatic heterocycles. The zero-order valence-electron chi connectivity index (χ0n) is 11.7. The van der Waals surface area contributed by atoms with Crippen LogP contribution in [0.25, 0.3) is 0 Å². The highest BCUT2D eigenvalue weighted by molar-refractivity contribution is 9.10. The van der Waals surface area contributed by atoms with E-state index >= 15 is 0 Å². The highest BCUT2D eigenvalue weighted by Gasteiger charge is 2.10. The number of nitrogens with one attached hydrogen (secondary N) is 1. The van der Waals surface area contributed by atoms with Crippen molar-refractivity contribution in [1.82, 2.24) is 5.32 Å². The lowest BCUT2D eigenvalue weighted by Crippen LogP contribution is -2.29. The molecule has 0 heterocycles. The number of hydrogen-bond donors (Lipinski definition) is 2. The highest BCUT2D eigenvalue weighted by atomic mass is 79.9. The van der Waals surface area contributed by atoms with E-state index in [-0.39, 0.29) is 18.6 Å². The molecule has 1 aromatic carbocycles. The van der Waals surface area contributed by atoms with E-state index in [2.05, 4.69) is 27.8 Å². The quantitative estimate of drug-likeness (QED) is 0.714. The van der Waals surface area contributed by atoms with E-state index in [1.807, 2.05) is 25.1 Å². The Balaban J connectivity index is 2.68. The van der Waals surface area contributed by atoms with Gasteiger partial charge in [-0.3, -0.25) is 4.79 Å². The van der Waals surface area contributed by atoms with E-state index < -0.39 is 0 Å². The molecule has 4 nitrogen and oxygen atoms in total. The summed E-state index contributed by atoms with van der Waals surface area (Å²) < 4.78 is 6.55. The first-order valence-electron chi connectivity index (χ1n) is 6.61. The summed E-state index contributed by atoms with van der Waals surface area (Å²) in [6, 6.07) is 5.80. The number of ether oxygens (including phenoxy) is 1. The maximum Gasteiger partial charge on any atom is 0.258 e. The summed E-state index contributed by atoms with van der Waals surface area (Å²) in [7, 11) is 0. The van der Waals surface area contributed by atoms with Crippen LogP contribution in [0.2, 0.25) is 0 Å². The molecule has 1 unspecified atom stereocenters. The Kier molecular flexibility index (Phi) is 7.33. The molecule has 1 aromatic rings. The van der Waals surface area contributed by atoms with Crippen molar-refractivity contribution < 1.29 is 9.53 Å². The molecule has 20 heavy (non-hydrogen) atoms. The summed E-state index contributed by atoms with van der Waals surface area (Å²) >= 11 is 3.44. The van der Waals surface area contributed by atoms with Gasteiger partial charge in [-0.25, -0.2) is 0 Å². The highest BCUT2D eigenvalue weighted by Crippen LogP contribution is 2.24. The average molecular weight is 341 g/mol.